The van der Waals surface area contributed by atoms with Gasteiger partial charge in [-0.3, -0.25) is 9.59 Å². The Morgan fingerprint density at radius 3 is 1.26 bits per heavy atom. The van der Waals surface area contributed by atoms with Crippen molar-refractivity contribution in [1.29, 1.82) is 0 Å². The lowest BCUT2D eigenvalue weighted by atomic mass is 9.82. The van der Waals surface area contributed by atoms with E-state index in [1.165, 1.54) is 0 Å². The number of nitrogens with one attached hydrogen (secondary N) is 4. The minimum Gasteiger partial charge on any atom is -0.382 e. The summed E-state index contributed by atoms with van der Waals surface area (Å²) in [6, 6.07) is 26.1. The van der Waals surface area contributed by atoms with E-state index in [4.69, 9.17) is 0 Å². The maximum Gasteiger partial charge on any atom is 0.196 e. The van der Waals surface area contributed by atoms with Crippen LogP contribution in [-0.2, 0) is 0 Å². The molecule has 0 radical (unpaired) electrons. The van der Waals surface area contributed by atoms with Crippen molar-refractivity contribution in [2.45, 2.75) is 0 Å². The van der Waals surface area contributed by atoms with Crippen LogP contribution >= 0.6 is 0 Å². The molecular weight excluding hydrogens is 472 g/mol. The smallest absolute Gasteiger partial charge is 0.196 e. The summed E-state index contributed by atoms with van der Waals surface area (Å²) >= 11 is 0. The number of hydrogen-bond donors (Lipinski definition) is 4. The summed E-state index contributed by atoms with van der Waals surface area (Å²) in [5, 5.41) is 13.1. The first kappa shape index (κ1) is 24.6. The number of carbonyl (C=O) groups is 2. The summed E-state index contributed by atoms with van der Waals surface area (Å²) in [6.07, 6.45) is 3.59. The van der Waals surface area contributed by atoms with E-state index in [2.05, 4.69) is 34.4 Å². The van der Waals surface area contributed by atoms with Crippen molar-refractivity contribution in [2.24, 2.45) is 0 Å². The molecule has 0 spiro atoms. The molecule has 0 fully saturated rings. The van der Waals surface area contributed by atoms with Gasteiger partial charge in [-0.1, -0.05) is 36.4 Å². The third-order valence-corrected chi connectivity index (χ3v) is 6.30. The standard InChI is InChI=1S/C32H28N4O2/c1-3-19-33-21-11-15-23(16-12-21)35-27-9-5-7-25-29(27)31(37)26-8-6-10-28(30(26)32(25)38)36-24-17-13-22(14-18-24)34-20-4-2/h3-18,33-36H,1-2,19-20H2. The van der Waals surface area contributed by atoms with Gasteiger partial charge in [-0.15, -0.1) is 13.2 Å². The van der Waals surface area contributed by atoms with E-state index in [1.807, 2.05) is 60.7 Å². The molecule has 0 saturated heterocycles. The van der Waals surface area contributed by atoms with Gasteiger partial charge in [0.05, 0.1) is 22.5 Å². The summed E-state index contributed by atoms with van der Waals surface area (Å²) in [5.74, 6) is -0.371. The van der Waals surface area contributed by atoms with Crippen molar-refractivity contribution in [2.75, 3.05) is 34.4 Å². The molecule has 1 aliphatic rings. The minimum atomic E-state index is -0.186. The molecule has 0 amide bonds. The average molecular weight is 501 g/mol. The Kier molecular flexibility index (Phi) is 7.04. The predicted molar refractivity (Wildman–Crippen MR) is 157 cm³/mol. The number of fused-ring (bicyclic) bond motifs is 2. The molecule has 38 heavy (non-hydrogen) atoms. The fourth-order valence-electron chi connectivity index (χ4n) is 4.48. The maximum absolute atomic E-state index is 13.7. The first-order chi connectivity index (χ1) is 18.6. The zero-order valence-corrected chi connectivity index (χ0v) is 20.9. The third-order valence-electron chi connectivity index (χ3n) is 6.30. The Morgan fingerprint density at radius 2 is 0.895 bits per heavy atom. The van der Waals surface area contributed by atoms with Crippen LogP contribution in [0.3, 0.4) is 0 Å². The molecule has 4 N–H and O–H groups in total. The average Bonchev–Trinajstić information content (AvgIpc) is 2.95. The molecule has 4 aromatic carbocycles. The molecule has 188 valence electrons. The maximum atomic E-state index is 13.7. The lowest BCUT2D eigenvalue weighted by Gasteiger charge is -2.23. The van der Waals surface area contributed by atoms with Crippen molar-refractivity contribution in [3.63, 3.8) is 0 Å². The zero-order valence-electron chi connectivity index (χ0n) is 20.9. The second kappa shape index (κ2) is 10.9. The SMILES string of the molecule is C=CCNc1ccc(Nc2cccc3c2C(=O)c2cccc(Nc4ccc(NCC=C)cc4)c2C3=O)cc1. The first-order valence-electron chi connectivity index (χ1n) is 12.4. The topological polar surface area (TPSA) is 82.3 Å². The Hall–Kier alpha value is -5.10. The molecule has 0 unspecified atom stereocenters. The van der Waals surface area contributed by atoms with Gasteiger partial charge in [-0.2, -0.15) is 0 Å². The lowest BCUT2D eigenvalue weighted by molar-refractivity contribution is 0.0980. The normalized spacial score (nSPS) is 11.7. The highest BCUT2D eigenvalue weighted by molar-refractivity contribution is 6.32. The highest BCUT2D eigenvalue weighted by atomic mass is 16.1. The Balaban J connectivity index is 1.43. The van der Waals surface area contributed by atoms with Gasteiger partial charge in [-0.05, 0) is 60.7 Å². The van der Waals surface area contributed by atoms with E-state index >= 15 is 0 Å². The Morgan fingerprint density at radius 1 is 0.526 bits per heavy atom. The van der Waals surface area contributed by atoms with Crippen LogP contribution in [-0.4, -0.2) is 24.7 Å². The van der Waals surface area contributed by atoms with Gasteiger partial charge in [0.2, 0.25) is 0 Å². The Labute approximate surface area is 222 Å². The van der Waals surface area contributed by atoms with E-state index < -0.39 is 0 Å². The van der Waals surface area contributed by atoms with E-state index in [0.29, 0.717) is 46.7 Å². The van der Waals surface area contributed by atoms with Crippen molar-refractivity contribution >= 4 is 45.7 Å². The molecule has 0 aromatic heterocycles. The lowest BCUT2D eigenvalue weighted by Crippen LogP contribution is -2.23. The summed E-state index contributed by atoms with van der Waals surface area (Å²) in [4.78, 5) is 27.5. The van der Waals surface area contributed by atoms with Crippen LogP contribution in [0.5, 0.6) is 0 Å². The van der Waals surface area contributed by atoms with Crippen LogP contribution in [0, 0.1) is 0 Å². The molecule has 0 aliphatic heterocycles. The fraction of sp³-hybridized carbons (Fsp3) is 0.0625. The van der Waals surface area contributed by atoms with Gasteiger partial charge < -0.3 is 21.3 Å². The van der Waals surface area contributed by atoms with E-state index in [0.717, 1.165) is 22.7 Å². The van der Waals surface area contributed by atoms with E-state index in [1.54, 1.807) is 36.4 Å². The van der Waals surface area contributed by atoms with Crippen molar-refractivity contribution in [3.8, 4) is 0 Å². The molecule has 4 aromatic rings. The molecule has 0 heterocycles. The summed E-state index contributed by atoms with van der Waals surface area (Å²) in [7, 11) is 0. The number of rotatable bonds is 10. The zero-order chi connectivity index (χ0) is 26.5. The van der Waals surface area contributed by atoms with Gasteiger partial charge in [0.1, 0.15) is 0 Å². The number of hydrogen-bond acceptors (Lipinski definition) is 6. The number of ketones is 2. The van der Waals surface area contributed by atoms with Crippen LogP contribution < -0.4 is 21.3 Å². The van der Waals surface area contributed by atoms with Crippen LogP contribution in [0.1, 0.15) is 31.8 Å². The third kappa shape index (κ3) is 4.92. The number of anilines is 6. The van der Waals surface area contributed by atoms with E-state index in [-0.39, 0.29) is 11.6 Å². The van der Waals surface area contributed by atoms with Crippen LogP contribution in [0.2, 0.25) is 0 Å². The molecule has 0 bridgehead atoms. The molecule has 5 rings (SSSR count). The number of benzene rings is 4. The predicted octanol–water partition coefficient (Wildman–Crippen LogP) is 7.15. The number of carbonyl (C=O) groups excluding carboxylic acids is 2. The quantitative estimate of drug-likeness (QED) is 0.153. The first-order valence-corrected chi connectivity index (χ1v) is 12.4. The van der Waals surface area contributed by atoms with Gasteiger partial charge in [0.15, 0.2) is 11.6 Å². The van der Waals surface area contributed by atoms with Gasteiger partial charge in [0.25, 0.3) is 0 Å². The summed E-state index contributed by atoms with van der Waals surface area (Å²) in [6.45, 7) is 8.77. The second-order valence-electron chi connectivity index (χ2n) is 8.86. The molecule has 0 atom stereocenters. The van der Waals surface area contributed by atoms with Crippen LogP contribution in [0.25, 0.3) is 0 Å². The van der Waals surface area contributed by atoms with Crippen molar-refractivity contribution in [1.82, 2.24) is 0 Å². The summed E-state index contributed by atoms with van der Waals surface area (Å²) < 4.78 is 0. The molecule has 6 nitrogen and oxygen atoms in total. The monoisotopic (exact) mass is 500 g/mol. The minimum absolute atomic E-state index is 0.186. The summed E-state index contributed by atoms with van der Waals surface area (Å²) in [5.41, 5.74) is 6.29. The molecule has 0 saturated carbocycles. The van der Waals surface area contributed by atoms with Gasteiger partial charge in [-0.25, -0.2) is 0 Å². The van der Waals surface area contributed by atoms with E-state index in [9.17, 15) is 9.59 Å². The fourth-order valence-corrected chi connectivity index (χ4v) is 4.48. The Bertz CT molecular complexity index is 1410. The largest absolute Gasteiger partial charge is 0.382 e. The molecule has 6 heteroatoms. The van der Waals surface area contributed by atoms with Crippen molar-refractivity contribution < 1.29 is 9.59 Å². The van der Waals surface area contributed by atoms with Crippen LogP contribution in [0.4, 0.5) is 34.1 Å². The van der Waals surface area contributed by atoms with Gasteiger partial charge >= 0.3 is 0 Å². The van der Waals surface area contributed by atoms with Crippen molar-refractivity contribution in [3.05, 3.63) is 132 Å². The van der Waals surface area contributed by atoms with Gasteiger partial charge in [0, 0.05) is 47.0 Å². The molecular formula is C32H28N4O2. The second-order valence-corrected chi connectivity index (χ2v) is 8.86. The molecule has 1 aliphatic carbocycles. The van der Waals surface area contributed by atoms with Crippen LogP contribution in [0.15, 0.2) is 110 Å². The highest BCUT2D eigenvalue weighted by Gasteiger charge is 2.33. The highest BCUT2D eigenvalue weighted by Crippen LogP contribution is 2.37.